The molecule has 4 N–H and O–H groups in total. The molecule has 2 aromatic carbocycles. The molecule has 220 valence electrons. The van der Waals surface area contributed by atoms with Crippen molar-refractivity contribution in [3.05, 3.63) is 59.9 Å². The first-order valence-corrected chi connectivity index (χ1v) is 14.7. The Morgan fingerprint density at radius 3 is 2.62 bits per heavy atom. The third kappa shape index (κ3) is 7.85. The van der Waals surface area contributed by atoms with Gasteiger partial charge in [0.1, 0.15) is 17.4 Å². The molecule has 13 nitrogen and oxygen atoms in total. The monoisotopic (exact) mass is 593 g/mol. The summed E-state index contributed by atoms with van der Waals surface area (Å²) in [5.74, 6) is -0.522. The van der Waals surface area contributed by atoms with Gasteiger partial charge >= 0.3 is 0 Å². The second-order valence-corrected chi connectivity index (χ2v) is 11.5. The summed E-state index contributed by atoms with van der Waals surface area (Å²) in [7, 11) is -3.95. The van der Waals surface area contributed by atoms with Crippen LogP contribution in [0.1, 0.15) is 37.5 Å². The molecular formula is C28H31N7O6S. The Bertz CT molecular complexity index is 1660. The van der Waals surface area contributed by atoms with Gasteiger partial charge in [-0.15, -0.1) is 0 Å². The number of sulfonamides is 1. The van der Waals surface area contributed by atoms with Crippen molar-refractivity contribution in [3.8, 4) is 6.19 Å². The lowest BCUT2D eigenvalue weighted by Gasteiger charge is -2.22. The number of nitriles is 1. The third-order valence-corrected chi connectivity index (χ3v) is 7.90. The number of guanidine groups is 1. The molecule has 1 unspecified atom stereocenters. The minimum atomic E-state index is -3.95. The quantitative estimate of drug-likeness (QED) is 0.131. The van der Waals surface area contributed by atoms with Crippen LogP contribution in [0, 0.1) is 18.4 Å². The van der Waals surface area contributed by atoms with Crippen molar-refractivity contribution in [2.24, 2.45) is 4.99 Å². The van der Waals surface area contributed by atoms with E-state index in [4.69, 9.17) is 4.42 Å². The van der Waals surface area contributed by atoms with Gasteiger partial charge < -0.3 is 20.0 Å². The Morgan fingerprint density at radius 2 is 1.90 bits per heavy atom. The number of carbonyl (C=O) groups excluding carboxylic acids is 3. The van der Waals surface area contributed by atoms with Crippen molar-refractivity contribution < 1.29 is 27.2 Å². The number of anilines is 1. The van der Waals surface area contributed by atoms with Crippen molar-refractivity contribution in [2.75, 3.05) is 18.4 Å². The summed E-state index contributed by atoms with van der Waals surface area (Å²) in [5, 5.41) is 18.4. The standard InChI is InChI=1S/C28H31N7O6S/c1-18-13-21-14-22(8-11-25(21)41-18)32-28(31-17-29)33-24-5-3-4-12-35(27(24)38)16-26(37)30-15-20-6-9-23(10-7-20)42(39,40)34-19(2)36/h6-11,13-14,24H,3-5,12,15-16H2,1-2H3,(H,30,37)(H,34,36)(H2,31,32,33). The summed E-state index contributed by atoms with van der Waals surface area (Å²) in [4.78, 5) is 43.0. The lowest BCUT2D eigenvalue weighted by atomic mass is 10.1. The van der Waals surface area contributed by atoms with Crippen LogP contribution in [0.25, 0.3) is 11.0 Å². The van der Waals surface area contributed by atoms with Gasteiger partial charge in [0.25, 0.3) is 10.0 Å². The van der Waals surface area contributed by atoms with E-state index in [2.05, 4.69) is 20.9 Å². The van der Waals surface area contributed by atoms with Crippen molar-refractivity contribution in [1.29, 1.82) is 5.26 Å². The molecule has 2 heterocycles. The second-order valence-electron chi connectivity index (χ2n) is 9.80. The zero-order valence-corrected chi connectivity index (χ0v) is 24.0. The van der Waals surface area contributed by atoms with Gasteiger partial charge in [-0.05, 0) is 68.1 Å². The predicted octanol–water partition coefficient (Wildman–Crippen LogP) is 2.10. The Labute approximate surface area is 243 Å². The molecule has 1 fully saturated rings. The number of aryl methyl sites for hydroxylation is 1. The number of amides is 3. The number of fused-ring (bicyclic) bond motifs is 1. The van der Waals surface area contributed by atoms with Crippen LogP contribution in [0.4, 0.5) is 5.69 Å². The highest BCUT2D eigenvalue weighted by Crippen LogP contribution is 2.23. The molecule has 4 rings (SSSR count). The van der Waals surface area contributed by atoms with Crippen LogP contribution in [0.2, 0.25) is 0 Å². The summed E-state index contributed by atoms with van der Waals surface area (Å²) in [6.07, 6.45) is 3.71. The first kappa shape index (κ1) is 30.1. The van der Waals surface area contributed by atoms with E-state index in [-0.39, 0.29) is 35.8 Å². The number of likely N-dealkylation sites (tertiary alicyclic amines) is 1. The highest BCUT2D eigenvalue weighted by atomic mass is 32.2. The molecule has 1 atom stereocenters. The van der Waals surface area contributed by atoms with Crippen LogP contribution < -0.4 is 20.7 Å². The lowest BCUT2D eigenvalue weighted by Crippen LogP contribution is -2.44. The second kappa shape index (κ2) is 13.2. The van der Waals surface area contributed by atoms with E-state index in [9.17, 15) is 28.1 Å². The first-order valence-electron chi connectivity index (χ1n) is 13.2. The van der Waals surface area contributed by atoms with Gasteiger partial charge in [0.15, 0.2) is 6.19 Å². The van der Waals surface area contributed by atoms with E-state index in [1.807, 2.05) is 30.0 Å². The van der Waals surface area contributed by atoms with E-state index >= 15 is 0 Å². The third-order valence-electron chi connectivity index (χ3n) is 6.45. The molecule has 1 aliphatic rings. The molecule has 1 aliphatic heterocycles. The fraction of sp³-hybridized carbons (Fsp3) is 0.321. The summed E-state index contributed by atoms with van der Waals surface area (Å²) >= 11 is 0. The Kier molecular flexibility index (Phi) is 9.43. The molecule has 0 spiro atoms. The molecule has 0 saturated carbocycles. The summed E-state index contributed by atoms with van der Waals surface area (Å²) in [6.45, 7) is 3.28. The minimum Gasteiger partial charge on any atom is -0.461 e. The van der Waals surface area contributed by atoms with E-state index in [1.165, 1.54) is 29.2 Å². The zero-order valence-electron chi connectivity index (χ0n) is 23.1. The number of carbonyl (C=O) groups is 3. The maximum atomic E-state index is 13.3. The maximum Gasteiger partial charge on any atom is 0.264 e. The molecule has 0 aliphatic carbocycles. The van der Waals surface area contributed by atoms with Crippen LogP contribution >= 0.6 is 0 Å². The number of rotatable bonds is 8. The van der Waals surface area contributed by atoms with Gasteiger partial charge in [0.2, 0.25) is 23.7 Å². The topological polar surface area (TPSA) is 186 Å². The molecule has 42 heavy (non-hydrogen) atoms. The zero-order chi connectivity index (χ0) is 30.3. The number of nitrogens with zero attached hydrogens (tertiary/aromatic N) is 3. The van der Waals surface area contributed by atoms with Crippen LogP contribution in [0.3, 0.4) is 0 Å². The highest BCUT2D eigenvalue weighted by Gasteiger charge is 2.28. The summed E-state index contributed by atoms with van der Waals surface area (Å²) < 4.78 is 31.7. The van der Waals surface area contributed by atoms with Gasteiger partial charge in [-0.25, -0.2) is 18.1 Å². The van der Waals surface area contributed by atoms with Crippen LogP contribution in [-0.4, -0.2) is 56.1 Å². The van der Waals surface area contributed by atoms with Gasteiger partial charge in [0.05, 0.1) is 11.4 Å². The van der Waals surface area contributed by atoms with Crippen LogP contribution in [0.15, 0.2) is 62.8 Å². The van der Waals surface area contributed by atoms with E-state index in [0.717, 1.165) is 23.7 Å². The number of hydrogen-bond donors (Lipinski definition) is 4. The number of hydrogen-bond acceptors (Lipinski definition) is 8. The van der Waals surface area contributed by atoms with E-state index < -0.39 is 22.0 Å². The Hall–Kier alpha value is -4.90. The average molecular weight is 594 g/mol. The molecule has 0 bridgehead atoms. The molecule has 1 aromatic heterocycles. The number of nitrogens with one attached hydrogen (secondary N) is 4. The summed E-state index contributed by atoms with van der Waals surface area (Å²) in [5.41, 5.74) is 2.02. The first-order chi connectivity index (χ1) is 20.0. The Balaban J connectivity index is 1.38. The van der Waals surface area contributed by atoms with Gasteiger partial charge in [-0.3, -0.25) is 19.7 Å². The van der Waals surface area contributed by atoms with Crippen LogP contribution in [0.5, 0.6) is 0 Å². The van der Waals surface area contributed by atoms with E-state index in [0.29, 0.717) is 37.1 Å². The molecule has 1 saturated heterocycles. The fourth-order valence-electron chi connectivity index (χ4n) is 4.52. The maximum absolute atomic E-state index is 13.3. The normalized spacial score (nSPS) is 15.9. The minimum absolute atomic E-state index is 0.0774. The summed E-state index contributed by atoms with van der Waals surface area (Å²) in [6, 6.07) is 12.3. The smallest absolute Gasteiger partial charge is 0.264 e. The molecular weight excluding hydrogens is 562 g/mol. The number of aliphatic imine (C=N–C) groups is 1. The van der Waals surface area contributed by atoms with Crippen molar-refractivity contribution >= 4 is 50.4 Å². The van der Waals surface area contributed by atoms with Crippen molar-refractivity contribution in [2.45, 2.75) is 50.6 Å². The predicted molar refractivity (Wildman–Crippen MR) is 154 cm³/mol. The molecule has 3 aromatic rings. The van der Waals surface area contributed by atoms with Crippen molar-refractivity contribution in [3.63, 3.8) is 0 Å². The number of benzene rings is 2. The molecule has 3 amide bonds. The van der Waals surface area contributed by atoms with E-state index in [1.54, 1.807) is 12.1 Å². The van der Waals surface area contributed by atoms with Gasteiger partial charge in [0, 0.05) is 31.1 Å². The average Bonchev–Trinajstić information content (AvgIpc) is 3.22. The van der Waals surface area contributed by atoms with Crippen molar-refractivity contribution in [1.82, 2.24) is 20.3 Å². The number of furan rings is 1. The SMILES string of the molecule is CC(=O)NS(=O)(=O)c1ccc(CNC(=O)CN2CCCCC(N=C(NC#N)Nc3ccc4oc(C)cc4c3)C2=O)cc1. The highest BCUT2D eigenvalue weighted by molar-refractivity contribution is 7.90. The lowest BCUT2D eigenvalue weighted by molar-refractivity contribution is -0.136. The molecule has 14 heteroatoms. The van der Waals surface area contributed by atoms with Gasteiger partial charge in [-0.1, -0.05) is 12.1 Å². The van der Waals surface area contributed by atoms with Gasteiger partial charge in [-0.2, -0.15) is 5.26 Å². The van der Waals surface area contributed by atoms with Crippen LogP contribution in [-0.2, 0) is 31.0 Å². The largest absolute Gasteiger partial charge is 0.461 e. The molecule has 0 radical (unpaired) electrons. The Morgan fingerprint density at radius 1 is 1.14 bits per heavy atom. The fourth-order valence-corrected chi connectivity index (χ4v) is 5.51.